The third kappa shape index (κ3) is 5.14. The molecule has 1 aromatic carbocycles. The average molecular weight is 519 g/mol. The maximum absolute atomic E-state index is 14.3. The van der Waals surface area contributed by atoms with Crippen LogP contribution in [0.15, 0.2) is 24.3 Å². The standard InChI is InChI=1S/C24H28F2N6O5/c1-24(2)14-31(9-12-36-24)18-13-17(30-7-10-35-11-8-30)27-22(28-18)32-15-5-4-6-16(37-23(33)34-3)19(15)29-21(32)20(25)26/h4-6,13,20H,7-12,14H2,1-3H3. The molecule has 0 spiro atoms. The molecule has 198 valence electrons. The molecule has 0 bridgehead atoms. The molecule has 37 heavy (non-hydrogen) atoms. The van der Waals surface area contributed by atoms with Gasteiger partial charge in [0.2, 0.25) is 5.95 Å². The topological polar surface area (TPSA) is 104 Å². The van der Waals surface area contributed by atoms with Gasteiger partial charge < -0.3 is 28.7 Å². The van der Waals surface area contributed by atoms with Gasteiger partial charge in [-0.3, -0.25) is 4.57 Å². The number of rotatable bonds is 5. The van der Waals surface area contributed by atoms with Crippen molar-refractivity contribution in [3.8, 4) is 11.7 Å². The molecule has 0 amide bonds. The molecule has 0 radical (unpaired) electrons. The minimum atomic E-state index is -2.94. The number of halogens is 2. The Balaban J connectivity index is 1.68. The highest BCUT2D eigenvalue weighted by Crippen LogP contribution is 2.34. The van der Waals surface area contributed by atoms with Crippen LogP contribution >= 0.6 is 0 Å². The van der Waals surface area contributed by atoms with Crippen molar-refractivity contribution in [1.29, 1.82) is 0 Å². The van der Waals surface area contributed by atoms with Crippen molar-refractivity contribution >= 4 is 28.8 Å². The van der Waals surface area contributed by atoms with Crippen molar-refractivity contribution in [2.24, 2.45) is 0 Å². The van der Waals surface area contributed by atoms with Crippen molar-refractivity contribution in [2.75, 3.05) is 62.9 Å². The van der Waals surface area contributed by atoms with E-state index in [1.165, 1.54) is 10.6 Å². The number of methoxy groups -OCH3 is 1. The van der Waals surface area contributed by atoms with Crippen LogP contribution in [0.25, 0.3) is 17.0 Å². The number of nitrogens with zero attached hydrogens (tertiary/aromatic N) is 6. The van der Waals surface area contributed by atoms with Gasteiger partial charge in [-0.1, -0.05) is 6.07 Å². The van der Waals surface area contributed by atoms with Gasteiger partial charge in [-0.25, -0.2) is 18.6 Å². The number of para-hydroxylation sites is 1. The second-order valence-corrected chi connectivity index (χ2v) is 9.30. The molecule has 2 aliphatic heterocycles. The SMILES string of the molecule is COC(=O)Oc1cccc2c1nc(C(F)F)n2-c1nc(N2CCOCC2)cc(N2CCOC(C)(C)C2)n1. The fraction of sp³-hybridized carbons (Fsp3) is 0.500. The predicted octanol–water partition coefficient (Wildman–Crippen LogP) is 3.35. The van der Waals surface area contributed by atoms with E-state index in [-0.39, 0.29) is 22.7 Å². The van der Waals surface area contributed by atoms with Gasteiger partial charge in [0.1, 0.15) is 17.2 Å². The lowest BCUT2D eigenvalue weighted by atomic mass is 10.1. The van der Waals surface area contributed by atoms with Crippen molar-refractivity contribution in [3.63, 3.8) is 0 Å². The van der Waals surface area contributed by atoms with E-state index in [9.17, 15) is 13.6 Å². The third-order valence-corrected chi connectivity index (χ3v) is 6.20. The summed E-state index contributed by atoms with van der Waals surface area (Å²) in [6.45, 7) is 7.91. The van der Waals surface area contributed by atoms with Crippen LogP contribution in [0.5, 0.6) is 5.75 Å². The number of hydrogen-bond donors (Lipinski definition) is 0. The summed E-state index contributed by atoms with van der Waals surface area (Å²) in [6, 6.07) is 6.49. The van der Waals surface area contributed by atoms with Gasteiger partial charge in [-0.2, -0.15) is 9.97 Å². The van der Waals surface area contributed by atoms with Crippen LogP contribution in [0.4, 0.5) is 25.2 Å². The highest BCUT2D eigenvalue weighted by Gasteiger charge is 2.30. The van der Waals surface area contributed by atoms with Crippen LogP contribution in [0, 0.1) is 0 Å². The fourth-order valence-corrected chi connectivity index (χ4v) is 4.50. The zero-order chi connectivity index (χ0) is 26.2. The quantitative estimate of drug-likeness (QED) is 0.369. The predicted molar refractivity (Wildman–Crippen MR) is 130 cm³/mol. The highest BCUT2D eigenvalue weighted by atomic mass is 19.3. The number of carbonyl (C=O) groups is 1. The number of carbonyl (C=O) groups excluding carboxylic acids is 1. The first-order chi connectivity index (χ1) is 17.8. The number of fused-ring (bicyclic) bond motifs is 1. The van der Waals surface area contributed by atoms with Gasteiger partial charge in [-0.05, 0) is 26.0 Å². The summed E-state index contributed by atoms with van der Waals surface area (Å²) in [4.78, 5) is 29.4. The first-order valence-electron chi connectivity index (χ1n) is 11.9. The Hall–Kier alpha value is -3.58. The number of morpholine rings is 2. The number of benzene rings is 1. The summed E-state index contributed by atoms with van der Waals surface area (Å²) in [5.74, 6) is 0.646. The highest BCUT2D eigenvalue weighted by molar-refractivity contribution is 5.86. The third-order valence-electron chi connectivity index (χ3n) is 6.20. The van der Waals surface area contributed by atoms with Crippen LogP contribution in [0.1, 0.15) is 26.1 Å². The van der Waals surface area contributed by atoms with Crippen molar-refractivity contribution < 1.29 is 32.5 Å². The molecule has 4 heterocycles. The molecule has 2 aliphatic rings. The Morgan fingerprint density at radius 2 is 1.76 bits per heavy atom. The number of aromatic nitrogens is 4. The molecule has 0 aliphatic carbocycles. The van der Waals surface area contributed by atoms with Crippen LogP contribution in [0.2, 0.25) is 0 Å². The second-order valence-electron chi connectivity index (χ2n) is 9.30. The Kier molecular flexibility index (Phi) is 6.82. The number of alkyl halides is 2. The summed E-state index contributed by atoms with van der Waals surface area (Å²) in [5, 5.41) is 0. The van der Waals surface area contributed by atoms with E-state index in [0.29, 0.717) is 57.6 Å². The summed E-state index contributed by atoms with van der Waals surface area (Å²) < 4.78 is 50.9. The molecule has 0 atom stereocenters. The first kappa shape index (κ1) is 25.1. The average Bonchev–Trinajstić information content (AvgIpc) is 3.29. The van der Waals surface area contributed by atoms with Gasteiger partial charge >= 0.3 is 6.16 Å². The normalized spacial score (nSPS) is 17.9. The maximum atomic E-state index is 14.3. The van der Waals surface area contributed by atoms with Crippen LogP contribution < -0.4 is 14.5 Å². The maximum Gasteiger partial charge on any atom is 0.513 e. The van der Waals surface area contributed by atoms with E-state index in [4.69, 9.17) is 19.2 Å². The number of anilines is 2. The van der Waals surface area contributed by atoms with Gasteiger partial charge in [0, 0.05) is 32.2 Å². The van der Waals surface area contributed by atoms with E-state index < -0.39 is 24.0 Å². The summed E-state index contributed by atoms with van der Waals surface area (Å²) in [7, 11) is 1.16. The molecule has 13 heteroatoms. The zero-order valence-corrected chi connectivity index (χ0v) is 20.8. The minimum absolute atomic E-state index is 0.00973. The molecule has 0 N–H and O–H groups in total. The number of hydrogen-bond acceptors (Lipinski definition) is 10. The molecule has 2 fully saturated rings. The van der Waals surface area contributed by atoms with Crippen molar-refractivity contribution in [3.05, 3.63) is 30.1 Å². The zero-order valence-electron chi connectivity index (χ0n) is 20.8. The van der Waals surface area contributed by atoms with Crippen molar-refractivity contribution in [1.82, 2.24) is 19.5 Å². The first-order valence-corrected chi connectivity index (χ1v) is 11.9. The lowest BCUT2D eigenvalue weighted by Gasteiger charge is -2.39. The lowest BCUT2D eigenvalue weighted by molar-refractivity contribution is -0.0279. The van der Waals surface area contributed by atoms with Crippen LogP contribution in [0.3, 0.4) is 0 Å². The van der Waals surface area contributed by atoms with Gasteiger partial charge in [0.25, 0.3) is 6.43 Å². The summed E-state index contributed by atoms with van der Waals surface area (Å²) in [6.07, 6.45) is -3.93. The second kappa shape index (κ2) is 10.1. The monoisotopic (exact) mass is 518 g/mol. The number of ether oxygens (including phenoxy) is 4. The van der Waals surface area contributed by atoms with Crippen molar-refractivity contribution in [2.45, 2.75) is 25.9 Å². The largest absolute Gasteiger partial charge is 0.513 e. The summed E-state index contributed by atoms with van der Waals surface area (Å²) >= 11 is 0. The molecular formula is C24H28F2N6O5. The van der Waals surface area contributed by atoms with E-state index in [1.807, 2.05) is 24.8 Å². The number of imidazole rings is 1. The van der Waals surface area contributed by atoms with E-state index in [1.54, 1.807) is 12.1 Å². The molecule has 5 rings (SSSR count). The van der Waals surface area contributed by atoms with Gasteiger partial charge in [0.05, 0.1) is 38.0 Å². The Morgan fingerprint density at radius 3 is 2.43 bits per heavy atom. The van der Waals surface area contributed by atoms with Gasteiger partial charge in [0.15, 0.2) is 11.6 Å². The Bertz CT molecular complexity index is 1290. The van der Waals surface area contributed by atoms with Crippen LogP contribution in [-0.2, 0) is 14.2 Å². The lowest BCUT2D eigenvalue weighted by Crippen LogP contribution is -2.48. The van der Waals surface area contributed by atoms with E-state index in [2.05, 4.69) is 19.6 Å². The Labute approximate surface area is 211 Å². The summed E-state index contributed by atoms with van der Waals surface area (Å²) in [5.41, 5.74) is -0.0694. The van der Waals surface area contributed by atoms with Crippen LogP contribution in [-0.4, -0.2) is 84.4 Å². The fourth-order valence-electron chi connectivity index (χ4n) is 4.50. The van der Waals surface area contributed by atoms with E-state index >= 15 is 0 Å². The smallest absolute Gasteiger partial charge is 0.437 e. The van der Waals surface area contributed by atoms with Gasteiger partial charge in [-0.15, -0.1) is 0 Å². The minimum Gasteiger partial charge on any atom is -0.437 e. The molecular weight excluding hydrogens is 490 g/mol. The van der Waals surface area contributed by atoms with E-state index in [0.717, 1.165) is 7.11 Å². The molecule has 0 saturated carbocycles. The molecule has 11 nitrogen and oxygen atoms in total. The molecule has 0 unspecified atom stereocenters. The molecule has 3 aromatic rings. The molecule has 2 aromatic heterocycles. The molecule has 2 saturated heterocycles. The Morgan fingerprint density at radius 1 is 1.05 bits per heavy atom.